The Bertz CT molecular complexity index is 708. The molecule has 1 aromatic carbocycles. The van der Waals surface area contributed by atoms with Gasteiger partial charge in [0.2, 0.25) is 5.91 Å². The van der Waals surface area contributed by atoms with Crippen molar-refractivity contribution in [1.82, 2.24) is 10.2 Å². The zero-order valence-electron chi connectivity index (χ0n) is 15.8. The summed E-state index contributed by atoms with van der Waals surface area (Å²) in [6.45, 7) is 2.52. The summed E-state index contributed by atoms with van der Waals surface area (Å²) >= 11 is 0. The minimum atomic E-state index is -0.599. The minimum Gasteiger partial charge on any atom is -0.393 e. The van der Waals surface area contributed by atoms with Crippen LogP contribution in [0.4, 0.5) is 0 Å². The van der Waals surface area contributed by atoms with Crippen molar-refractivity contribution in [2.45, 2.75) is 69.9 Å². The minimum absolute atomic E-state index is 0.115. The van der Waals surface area contributed by atoms with Crippen LogP contribution in [0.3, 0.4) is 0 Å². The molecule has 0 saturated carbocycles. The quantitative estimate of drug-likeness (QED) is 0.828. The van der Waals surface area contributed by atoms with E-state index in [1.807, 2.05) is 29.2 Å². The predicted octanol–water partition coefficient (Wildman–Crippen LogP) is 1.91. The van der Waals surface area contributed by atoms with Crippen LogP contribution in [0.5, 0.6) is 0 Å². The van der Waals surface area contributed by atoms with Crippen molar-refractivity contribution in [2.75, 3.05) is 6.61 Å². The van der Waals surface area contributed by atoms with Crippen LogP contribution in [-0.4, -0.2) is 46.6 Å². The molecule has 0 spiro atoms. The van der Waals surface area contributed by atoms with E-state index in [1.165, 1.54) is 0 Å². The van der Waals surface area contributed by atoms with Crippen LogP contribution in [0.1, 0.15) is 56.3 Å². The number of rotatable bonds is 5. The number of ether oxygens (including phenoxy) is 1. The topological polar surface area (TPSA) is 78.9 Å². The first-order valence-corrected chi connectivity index (χ1v) is 9.98. The zero-order valence-corrected chi connectivity index (χ0v) is 15.8. The number of benzene rings is 1. The summed E-state index contributed by atoms with van der Waals surface area (Å²) < 4.78 is 5.88. The highest BCUT2D eigenvalue weighted by molar-refractivity contribution is 5.84. The highest BCUT2D eigenvalue weighted by Crippen LogP contribution is 2.40. The summed E-state index contributed by atoms with van der Waals surface area (Å²) in [5.41, 5.74) is 2.00. The summed E-state index contributed by atoms with van der Waals surface area (Å²) in [7, 11) is 0. The number of hydrogen-bond donors (Lipinski definition) is 2. The third-order valence-corrected chi connectivity index (χ3v) is 6.40. The van der Waals surface area contributed by atoms with E-state index >= 15 is 0 Å². The highest BCUT2D eigenvalue weighted by Gasteiger charge is 2.43. The molecule has 0 radical (unpaired) electrons. The van der Waals surface area contributed by atoms with E-state index in [-0.39, 0.29) is 29.8 Å². The maximum Gasteiger partial charge on any atom is 0.254 e. The molecule has 6 heteroatoms. The number of piperidine rings is 1. The van der Waals surface area contributed by atoms with E-state index in [2.05, 4.69) is 5.32 Å². The van der Waals surface area contributed by atoms with Gasteiger partial charge in [-0.25, -0.2) is 0 Å². The summed E-state index contributed by atoms with van der Waals surface area (Å²) in [4.78, 5) is 26.0. The molecule has 3 aliphatic rings. The number of amides is 2. The third-order valence-electron chi connectivity index (χ3n) is 6.40. The molecule has 0 aromatic heterocycles. The Morgan fingerprint density at radius 3 is 2.70 bits per heavy atom. The monoisotopic (exact) mass is 372 g/mol. The van der Waals surface area contributed by atoms with Crippen LogP contribution < -0.4 is 5.32 Å². The van der Waals surface area contributed by atoms with Crippen LogP contribution in [0.2, 0.25) is 0 Å². The molecule has 3 heterocycles. The van der Waals surface area contributed by atoms with Gasteiger partial charge in [-0.15, -0.1) is 0 Å². The molecule has 2 amide bonds. The second-order valence-corrected chi connectivity index (χ2v) is 8.07. The maximum absolute atomic E-state index is 12.2. The first kappa shape index (κ1) is 18.4. The van der Waals surface area contributed by atoms with Gasteiger partial charge in [-0.3, -0.25) is 9.59 Å². The lowest BCUT2D eigenvalue weighted by Gasteiger charge is -2.40. The highest BCUT2D eigenvalue weighted by atomic mass is 16.5. The number of carbonyl (C=O) groups is 2. The van der Waals surface area contributed by atoms with Gasteiger partial charge in [0.1, 0.15) is 0 Å². The Kier molecular flexibility index (Phi) is 5.19. The average molecular weight is 372 g/mol. The Balaban J connectivity index is 1.31. The molecule has 27 heavy (non-hydrogen) atoms. The molecule has 3 unspecified atom stereocenters. The largest absolute Gasteiger partial charge is 0.393 e. The molecule has 1 aromatic rings. The molecule has 2 N–H and O–H groups in total. The fourth-order valence-corrected chi connectivity index (χ4v) is 5.12. The van der Waals surface area contributed by atoms with E-state index in [4.69, 9.17) is 4.74 Å². The van der Waals surface area contributed by atoms with Gasteiger partial charge in [0.05, 0.1) is 12.7 Å². The van der Waals surface area contributed by atoms with Crippen LogP contribution in [-0.2, 0) is 20.9 Å². The fraction of sp³-hybridized carbons (Fsp3) is 0.619. The SMILES string of the molecule is CC(=O)N1C2CCC1CC(C(O)CCO[C@@H]1C(=O)NCc3ccccc31)C2. The van der Waals surface area contributed by atoms with Gasteiger partial charge in [-0.1, -0.05) is 24.3 Å². The second kappa shape index (κ2) is 7.60. The molecule has 4 rings (SSSR count). The van der Waals surface area contributed by atoms with Crippen LogP contribution in [0, 0.1) is 5.92 Å². The Labute approximate surface area is 159 Å². The first-order valence-electron chi connectivity index (χ1n) is 9.98. The molecule has 3 aliphatic heterocycles. The van der Waals surface area contributed by atoms with Crippen molar-refractivity contribution in [2.24, 2.45) is 5.92 Å². The van der Waals surface area contributed by atoms with Crippen molar-refractivity contribution in [1.29, 1.82) is 0 Å². The van der Waals surface area contributed by atoms with Crippen LogP contribution in [0.15, 0.2) is 24.3 Å². The van der Waals surface area contributed by atoms with Crippen molar-refractivity contribution < 1.29 is 19.4 Å². The smallest absolute Gasteiger partial charge is 0.254 e. The van der Waals surface area contributed by atoms with Crippen molar-refractivity contribution >= 4 is 11.8 Å². The van der Waals surface area contributed by atoms with Crippen molar-refractivity contribution in [3.63, 3.8) is 0 Å². The van der Waals surface area contributed by atoms with Gasteiger partial charge in [-0.05, 0) is 49.1 Å². The first-order chi connectivity index (χ1) is 13.0. The predicted molar refractivity (Wildman–Crippen MR) is 99.7 cm³/mol. The number of nitrogens with one attached hydrogen (secondary N) is 1. The van der Waals surface area contributed by atoms with Crippen molar-refractivity contribution in [3.05, 3.63) is 35.4 Å². The van der Waals surface area contributed by atoms with E-state index in [1.54, 1.807) is 6.92 Å². The molecular weight excluding hydrogens is 344 g/mol. The van der Waals surface area contributed by atoms with Crippen molar-refractivity contribution in [3.8, 4) is 0 Å². The summed E-state index contributed by atoms with van der Waals surface area (Å²) in [6, 6.07) is 8.36. The summed E-state index contributed by atoms with van der Waals surface area (Å²) in [6.07, 6.45) is 3.28. The van der Waals surface area contributed by atoms with Crippen LogP contribution >= 0.6 is 0 Å². The lowest BCUT2D eigenvalue weighted by Crippen LogP contribution is -2.47. The van der Waals surface area contributed by atoms with Gasteiger partial charge in [0.15, 0.2) is 6.10 Å². The fourth-order valence-electron chi connectivity index (χ4n) is 5.12. The number of nitrogens with zero attached hydrogens (tertiary/aromatic N) is 1. The molecule has 0 aliphatic carbocycles. The van der Waals surface area contributed by atoms with Crippen LogP contribution in [0.25, 0.3) is 0 Å². The third kappa shape index (κ3) is 3.60. The van der Waals surface area contributed by atoms with E-state index < -0.39 is 12.2 Å². The zero-order chi connectivity index (χ0) is 19.0. The number of carbonyl (C=O) groups excluding carboxylic acids is 2. The Hall–Kier alpha value is -1.92. The lowest BCUT2D eigenvalue weighted by atomic mass is 9.85. The molecule has 6 nitrogen and oxygen atoms in total. The average Bonchev–Trinajstić information content (AvgIpc) is 2.93. The number of fused-ring (bicyclic) bond motifs is 3. The van der Waals surface area contributed by atoms with Gasteiger partial charge >= 0.3 is 0 Å². The molecular formula is C21H28N2O4. The molecule has 2 bridgehead atoms. The van der Waals surface area contributed by atoms with Gasteiger partial charge in [-0.2, -0.15) is 0 Å². The lowest BCUT2D eigenvalue weighted by molar-refractivity contribution is -0.136. The second-order valence-electron chi connectivity index (χ2n) is 8.07. The molecule has 146 valence electrons. The summed E-state index contributed by atoms with van der Waals surface area (Å²) in [5.74, 6) is 0.242. The van der Waals surface area contributed by atoms with E-state index in [9.17, 15) is 14.7 Å². The number of aliphatic hydroxyl groups is 1. The normalized spacial score (nSPS) is 30.6. The van der Waals surface area contributed by atoms with Gasteiger partial charge < -0.3 is 20.1 Å². The maximum atomic E-state index is 12.2. The number of aliphatic hydroxyl groups excluding tert-OH is 1. The Morgan fingerprint density at radius 2 is 2.00 bits per heavy atom. The van der Waals surface area contributed by atoms with Gasteiger partial charge in [0, 0.05) is 25.6 Å². The van der Waals surface area contributed by atoms with Gasteiger partial charge in [0.25, 0.3) is 5.91 Å². The molecule has 2 saturated heterocycles. The number of hydrogen-bond acceptors (Lipinski definition) is 4. The molecule has 2 fully saturated rings. The Morgan fingerprint density at radius 1 is 1.30 bits per heavy atom. The summed E-state index contributed by atoms with van der Waals surface area (Å²) in [5, 5.41) is 13.5. The molecule has 4 atom stereocenters. The van der Waals surface area contributed by atoms with E-state index in [0.29, 0.717) is 19.6 Å². The van der Waals surface area contributed by atoms with E-state index in [0.717, 1.165) is 36.8 Å². The standard InChI is InChI=1S/C21H28N2O4/c1-13(24)23-16-6-7-17(23)11-15(10-16)19(25)8-9-27-20-18-5-3-2-4-14(18)12-22-21(20)26/h2-5,15-17,19-20,25H,6-12H2,1H3,(H,22,26)/t15?,16?,17?,19?,20-/m0/s1.